The quantitative estimate of drug-likeness (QED) is 0.841. The second kappa shape index (κ2) is 5.79. The summed E-state index contributed by atoms with van der Waals surface area (Å²) in [6.07, 6.45) is 4.14. The summed E-state index contributed by atoms with van der Waals surface area (Å²) < 4.78 is 7.09. The molecular formula is C16H19N3O3. The van der Waals surface area contributed by atoms with Crippen LogP contribution in [-0.2, 0) is 17.9 Å². The molecule has 2 aromatic rings. The Balaban J connectivity index is 1.60. The first-order chi connectivity index (χ1) is 10.5. The van der Waals surface area contributed by atoms with Gasteiger partial charge < -0.3 is 9.32 Å². The zero-order chi connectivity index (χ0) is 15.7. The van der Waals surface area contributed by atoms with Crippen LogP contribution in [0.5, 0.6) is 0 Å². The average Bonchev–Trinajstić information content (AvgIpc) is 3.04. The molecular weight excluding hydrogens is 282 g/mol. The van der Waals surface area contributed by atoms with Gasteiger partial charge in [0.2, 0.25) is 5.91 Å². The van der Waals surface area contributed by atoms with Crippen molar-refractivity contribution in [3.63, 3.8) is 0 Å². The van der Waals surface area contributed by atoms with Crippen LogP contribution in [0.1, 0.15) is 30.8 Å². The highest BCUT2D eigenvalue weighted by Crippen LogP contribution is 2.47. The van der Waals surface area contributed by atoms with Gasteiger partial charge in [-0.2, -0.15) is 0 Å². The summed E-state index contributed by atoms with van der Waals surface area (Å²) >= 11 is 0. The van der Waals surface area contributed by atoms with E-state index in [1.807, 2.05) is 12.1 Å². The summed E-state index contributed by atoms with van der Waals surface area (Å²) in [6.45, 7) is 2.58. The Hall–Kier alpha value is -2.37. The smallest absolute Gasteiger partial charge is 0.347 e. The SMILES string of the molecule is C[C@@H]1C[C@H]1c1ccc(CN(C)C(=O)Cn2cccnc2=O)o1. The number of rotatable bonds is 5. The molecule has 2 heterocycles. The van der Waals surface area contributed by atoms with Crippen LogP contribution < -0.4 is 5.69 Å². The van der Waals surface area contributed by atoms with Crippen molar-refractivity contribution >= 4 is 5.91 Å². The van der Waals surface area contributed by atoms with Gasteiger partial charge >= 0.3 is 5.69 Å². The largest absolute Gasteiger partial charge is 0.464 e. The van der Waals surface area contributed by atoms with E-state index in [0.29, 0.717) is 18.4 Å². The molecule has 0 spiro atoms. The van der Waals surface area contributed by atoms with Gasteiger partial charge in [-0.05, 0) is 30.5 Å². The van der Waals surface area contributed by atoms with Gasteiger partial charge in [-0.15, -0.1) is 0 Å². The summed E-state index contributed by atoms with van der Waals surface area (Å²) in [7, 11) is 1.70. The first-order valence-electron chi connectivity index (χ1n) is 7.38. The number of hydrogen-bond donors (Lipinski definition) is 0. The molecule has 0 bridgehead atoms. The lowest BCUT2D eigenvalue weighted by Gasteiger charge is -2.16. The number of aromatic nitrogens is 2. The van der Waals surface area contributed by atoms with E-state index < -0.39 is 5.69 Å². The molecule has 1 amide bonds. The molecule has 1 saturated carbocycles. The first-order valence-corrected chi connectivity index (χ1v) is 7.38. The van der Waals surface area contributed by atoms with Crippen molar-refractivity contribution in [1.29, 1.82) is 0 Å². The monoisotopic (exact) mass is 301 g/mol. The second-order valence-corrected chi connectivity index (χ2v) is 5.90. The second-order valence-electron chi connectivity index (χ2n) is 5.90. The van der Waals surface area contributed by atoms with E-state index in [9.17, 15) is 9.59 Å². The van der Waals surface area contributed by atoms with Crippen LogP contribution in [0.25, 0.3) is 0 Å². The number of carbonyl (C=O) groups is 1. The van der Waals surface area contributed by atoms with Crippen molar-refractivity contribution in [2.24, 2.45) is 5.92 Å². The Kier molecular flexibility index (Phi) is 3.83. The van der Waals surface area contributed by atoms with E-state index >= 15 is 0 Å². The van der Waals surface area contributed by atoms with E-state index in [-0.39, 0.29) is 12.5 Å². The molecule has 1 fully saturated rings. The third-order valence-corrected chi connectivity index (χ3v) is 4.06. The summed E-state index contributed by atoms with van der Waals surface area (Å²) in [5.41, 5.74) is -0.424. The molecule has 116 valence electrons. The molecule has 0 unspecified atom stereocenters. The van der Waals surface area contributed by atoms with Crippen molar-refractivity contribution in [2.75, 3.05) is 7.05 Å². The van der Waals surface area contributed by atoms with Crippen LogP contribution in [0, 0.1) is 5.92 Å². The highest BCUT2D eigenvalue weighted by atomic mass is 16.3. The van der Waals surface area contributed by atoms with Gasteiger partial charge in [-0.3, -0.25) is 9.36 Å². The Labute approximate surface area is 128 Å². The van der Waals surface area contributed by atoms with Crippen LogP contribution in [0.4, 0.5) is 0 Å². The zero-order valence-corrected chi connectivity index (χ0v) is 12.7. The van der Waals surface area contributed by atoms with Crippen molar-refractivity contribution in [2.45, 2.75) is 32.4 Å². The number of nitrogens with zero attached hydrogens (tertiary/aromatic N) is 3. The van der Waals surface area contributed by atoms with Crippen LogP contribution in [0.3, 0.4) is 0 Å². The Bertz CT molecular complexity index is 734. The average molecular weight is 301 g/mol. The van der Waals surface area contributed by atoms with Gasteiger partial charge in [-0.25, -0.2) is 9.78 Å². The maximum atomic E-state index is 12.2. The van der Waals surface area contributed by atoms with Crippen molar-refractivity contribution in [3.05, 3.63) is 52.6 Å². The predicted molar refractivity (Wildman–Crippen MR) is 80.2 cm³/mol. The van der Waals surface area contributed by atoms with Crippen LogP contribution in [0.15, 0.2) is 39.8 Å². The summed E-state index contributed by atoms with van der Waals surface area (Å²) in [6, 6.07) is 5.54. The highest BCUT2D eigenvalue weighted by Gasteiger charge is 2.36. The van der Waals surface area contributed by atoms with E-state index in [1.54, 1.807) is 24.2 Å². The van der Waals surface area contributed by atoms with E-state index in [1.165, 1.54) is 17.2 Å². The lowest BCUT2D eigenvalue weighted by Crippen LogP contribution is -2.33. The molecule has 2 aromatic heterocycles. The maximum Gasteiger partial charge on any atom is 0.347 e. The fourth-order valence-corrected chi connectivity index (χ4v) is 2.49. The minimum Gasteiger partial charge on any atom is -0.464 e. The van der Waals surface area contributed by atoms with E-state index in [2.05, 4.69) is 11.9 Å². The number of carbonyl (C=O) groups excluding carboxylic acids is 1. The van der Waals surface area contributed by atoms with Gasteiger partial charge in [0.15, 0.2) is 0 Å². The fraction of sp³-hybridized carbons (Fsp3) is 0.438. The molecule has 0 N–H and O–H groups in total. The molecule has 6 nitrogen and oxygen atoms in total. The number of hydrogen-bond acceptors (Lipinski definition) is 4. The topological polar surface area (TPSA) is 68.3 Å². The summed E-state index contributed by atoms with van der Waals surface area (Å²) in [5, 5.41) is 0. The van der Waals surface area contributed by atoms with Gasteiger partial charge in [0.1, 0.15) is 18.1 Å². The first kappa shape index (κ1) is 14.6. The highest BCUT2D eigenvalue weighted by molar-refractivity contribution is 5.75. The lowest BCUT2D eigenvalue weighted by atomic mass is 10.3. The van der Waals surface area contributed by atoms with Gasteiger partial charge in [0.05, 0.1) is 6.54 Å². The Morgan fingerprint density at radius 2 is 2.27 bits per heavy atom. The lowest BCUT2D eigenvalue weighted by molar-refractivity contribution is -0.131. The van der Waals surface area contributed by atoms with Gasteiger partial charge in [-0.1, -0.05) is 6.92 Å². The molecule has 6 heteroatoms. The molecule has 2 atom stereocenters. The molecule has 1 aliphatic rings. The van der Waals surface area contributed by atoms with Crippen LogP contribution in [0.2, 0.25) is 0 Å². The predicted octanol–water partition coefficient (Wildman–Crippen LogP) is 1.62. The van der Waals surface area contributed by atoms with Crippen molar-refractivity contribution in [3.8, 4) is 0 Å². The number of amides is 1. The molecule has 22 heavy (non-hydrogen) atoms. The van der Waals surface area contributed by atoms with Crippen LogP contribution in [-0.4, -0.2) is 27.4 Å². The third kappa shape index (κ3) is 3.10. The van der Waals surface area contributed by atoms with Gasteiger partial charge in [0.25, 0.3) is 0 Å². The molecule has 1 aliphatic carbocycles. The van der Waals surface area contributed by atoms with Crippen LogP contribution >= 0.6 is 0 Å². The molecule has 3 rings (SSSR count). The van der Waals surface area contributed by atoms with Gasteiger partial charge in [0, 0.05) is 25.4 Å². The minimum atomic E-state index is -0.424. The molecule has 0 radical (unpaired) electrons. The molecule has 0 saturated heterocycles. The van der Waals surface area contributed by atoms with E-state index in [4.69, 9.17) is 4.42 Å². The van der Waals surface area contributed by atoms with Crippen molar-refractivity contribution in [1.82, 2.24) is 14.5 Å². The maximum absolute atomic E-state index is 12.2. The fourth-order valence-electron chi connectivity index (χ4n) is 2.49. The Morgan fingerprint density at radius 1 is 1.50 bits per heavy atom. The third-order valence-electron chi connectivity index (χ3n) is 4.06. The van der Waals surface area contributed by atoms with E-state index in [0.717, 1.165) is 11.5 Å². The summed E-state index contributed by atoms with van der Waals surface area (Å²) in [5.74, 6) is 2.84. The molecule has 0 aromatic carbocycles. The normalized spacial score (nSPS) is 19.9. The Morgan fingerprint density at radius 3 is 2.95 bits per heavy atom. The number of furan rings is 1. The minimum absolute atomic E-state index is 0.0175. The zero-order valence-electron chi connectivity index (χ0n) is 12.7. The summed E-state index contributed by atoms with van der Waals surface area (Å²) in [4.78, 5) is 28.9. The standard InChI is InChI=1S/C16H19N3O3/c1-11-8-13(11)14-5-4-12(22-14)9-18(2)15(20)10-19-7-3-6-17-16(19)21/h3-7,11,13H,8-10H2,1-2H3/t11-,13-/m1/s1. The molecule has 0 aliphatic heterocycles. The van der Waals surface area contributed by atoms with Crippen molar-refractivity contribution < 1.29 is 9.21 Å². The number of likely N-dealkylation sites (N-methyl/N-ethyl adjacent to an activating group) is 1.